The van der Waals surface area contributed by atoms with Gasteiger partial charge in [-0.2, -0.15) is 0 Å². The van der Waals surface area contributed by atoms with Gasteiger partial charge in [-0.25, -0.2) is 4.68 Å². The predicted octanol–water partition coefficient (Wildman–Crippen LogP) is 2.61. The van der Waals surface area contributed by atoms with Crippen LogP contribution in [0.4, 0.5) is 0 Å². The SMILES string of the molecule is CCOc1ccc([C@H](C)NC(=O)c2ccc(Cn3cnnn3)cc2)cc1. The molecule has 1 N–H and O–H groups in total. The van der Waals surface area contributed by atoms with Gasteiger partial charge in [-0.15, -0.1) is 5.10 Å². The molecule has 0 fully saturated rings. The third-order valence-corrected chi connectivity index (χ3v) is 3.99. The Labute approximate surface area is 152 Å². The molecule has 0 saturated heterocycles. The maximum atomic E-state index is 12.5. The lowest BCUT2D eigenvalue weighted by Gasteiger charge is -2.15. The highest BCUT2D eigenvalue weighted by molar-refractivity contribution is 5.94. The van der Waals surface area contributed by atoms with E-state index in [-0.39, 0.29) is 11.9 Å². The minimum atomic E-state index is -0.111. The number of carbonyl (C=O) groups excluding carboxylic acids is 1. The molecule has 0 aliphatic carbocycles. The summed E-state index contributed by atoms with van der Waals surface area (Å²) in [6.45, 7) is 5.11. The number of hydrogen-bond donors (Lipinski definition) is 1. The fraction of sp³-hybridized carbons (Fsp3) is 0.263. The van der Waals surface area contributed by atoms with Gasteiger partial charge in [0.15, 0.2) is 0 Å². The lowest BCUT2D eigenvalue weighted by Crippen LogP contribution is -2.26. The number of benzene rings is 2. The zero-order valence-electron chi connectivity index (χ0n) is 14.8. The van der Waals surface area contributed by atoms with Crippen LogP contribution in [0.5, 0.6) is 5.75 Å². The third-order valence-electron chi connectivity index (χ3n) is 3.99. The quantitative estimate of drug-likeness (QED) is 0.707. The van der Waals surface area contributed by atoms with E-state index in [9.17, 15) is 4.79 Å². The van der Waals surface area contributed by atoms with Crippen LogP contribution in [0, 0.1) is 0 Å². The Hall–Kier alpha value is -3.22. The molecular formula is C19H21N5O2. The van der Waals surface area contributed by atoms with Crippen LogP contribution in [0.1, 0.15) is 41.4 Å². The van der Waals surface area contributed by atoms with E-state index < -0.39 is 0 Å². The summed E-state index contributed by atoms with van der Waals surface area (Å²) in [5, 5.41) is 14.0. The topological polar surface area (TPSA) is 81.9 Å². The zero-order valence-corrected chi connectivity index (χ0v) is 14.8. The Kier molecular flexibility index (Phi) is 5.58. The van der Waals surface area contributed by atoms with Crippen molar-refractivity contribution in [3.63, 3.8) is 0 Å². The van der Waals surface area contributed by atoms with Gasteiger partial charge in [0.25, 0.3) is 5.91 Å². The molecule has 26 heavy (non-hydrogen) atoms. The number of nitrogens with zero attached hydrogens (tertiary/aromatic N) is 4. The molecular weight excluding hydrogens is 330 g/mol. The minimum absolute atomic E-state index is 0.0981. The highest BCUT2D eigenvalue weighted by Crippen LogP contribution is 2.18. The highest BCUT2D eigenvalue weighted by atomic mass is 16.5. The van der Waals surface area contributed by atoms with Crippen molar-refractivity contribution in [2.45, 2.75) is 26.4 Å². The maximum Gasteiger partial charge on any atom is 0.251 e. The molecule has 0 saturated carbocycles. The molecule has 3 aromatic rings. The normalized spacial score (nSPS) is 11.8. The van der Waals surface area contributed by atoms with Crippen LogP contribution in [0.2, 0.25) is 0 Å². The number of ether oxygens (including phenoxy) is 1. The van der Waals surface area contributed by atoms with Crippen molar-refractivity contribution >= 4 is 5.91 Å². The molecule has 0 bridgehead atoms. The molecule has 0 spiro atoms. The first-order valence-electron chi connectivity index (χ1n) is 8.49. The number of rotatable bonds is 7. The van der Waals surface area contributed by atoms with E-state index in [1.807, 2.05) is 50.2 Å². The van der Waals surface area contributed by atoms with Crippen LogP contribution in [-0.4, -0.2) is 32.7 Å². The van der Waals surface area contributed by atoms with Gasteiger partial charge in [0, 0.05) is 5.56 Å². The fourth-order valence-corrected chi connectivity index (χ4v) is 2.58. The van der Waals surface area contributed by atoms with E-state index in [4.69, 9.17) is 4.74 Å². The van der Waals surface area contributed by atoms with Gasteiger partial charge in [0.05, 0.1) is 19.2 Å². The smallest absolute Gasteiger partial charge is 0.251 e. The Morgan fingerprint density at radius 3 is 2.50 bits per heavy atom. The summed E-state index contributed by atoms with van der Waals surface area (Å²) < 4.78 is 7.07. The molecule has 1 amide bonds. The number of nitrogens with one attached hydrogen (secondary N) is 1. The second kappa shape index (κ2) is 8.24. The summed E-state index contributed by atoms with van der Waals surface area (Å²) in [7, 11) is 0. The van der Waals surface area contributed by atoms with E-state index in [2.05, 4.69) is 20.8 Å². The first kappa shape index (κ1) is 17.6. The molecule has 0 unspecified atom stereocenters. The predicted molar refractivity (Wildman–Crippen MR) is 96.9 cm³/mol. The maximum absolute atomic E-state index is 12.5. The fourth-order valence-electron chi connectivity index (χ4n) is 2.58. The third kappa shape index (κ3) is 4.44. The van der Waals surface area contributed by atoms with Gasteiger partial charge in [-0.1, -0.05) is 24.3 Å². The molecule has 2 aromatic carbocycles. The molecule has 134 valence electrons. The lowest BCUT2D eigenvalue weighted by atomic mass is 10.1. The second-order valence-electron chi connectivity index (χ2n) is 5.90. The van der Waals surface area contributed by atoms with E-state index in [1.165, 1.54) is 0 Å². The van der Waals surface area contributed by atoms with Crippen LogP contribution in [0.3, 0.4) is 0 Å². The number of aromatic nitrogens is 4. The van der Waals surface area contributed by atoms with E-state index in [0.717, 1.165) is 16.9 Å². The monoisotopic (exact) mass is 351 g/mol. The molecule has 1 atom stereocenters. The lowest BCUT2D eigenvalue weighted by molar-refractivity contribution is 0.0940. The standard InChI is InChI=1S/C19H21N5O2/c1-3-26-18-10-8-16(9-11-18)14(2)21-19(25)17-6-4-15(5-7-17)12-24-13-20-22-23-24/h4-11,13-14H,3,12H2,1-2H3,(H,21,25)/t14-/m0/s1. The van der Waals surface area contributed by atoms with E-state index in [0.29, 0.717) is 18.7 Å². The summed E-state index contributed by atoms with van der Waals surface area (Å²) in [4.78, 5) is 12.5. The van der Waals surface area contributed by atoms with E-state index >= 15 is 0 Å². The molecule has 0 aliphatic rings. The number of tetrazole rings is 1. The van der Waals surface area contributed by atoms with Gasteiger partial charge in [-0.05, 0) is 59.7 Å². The summed E-state index contributed by atoms with van der Waals surface area (Å²) in [5.74, 6) is 0.716. The van der Waals surface area contributed by atoms with Crippen molar-refractivity contribution in [3.05, 3.63) is 71.5 Å². The van der Waals surface area contributed by atoms with Crippen molar-refractivity contribution < 1.29 is 9.53 Å². The molecule has 7 nitrogen and oxygen atoms in total. The summed E-state index contributed by atoms with van der Waals surface area (Å²) in [6.07, 6.45) is 1.55. The van der Waals surface area contributed by atoms with Crippen LogP contribution in [-0.2, 0) is 6.54 Å². The average molecular weight is 351 g/mol. The summed E-state index contributed by atoms with van der Waals surface area (Å²) in [5.41, 5.74) is 2.66. The minimum Gasteiger partial charge on any atom is -0.494 e. The first-order valence-corrected chi connectivity index (χ1v) is 8.49. The van der Waals surface area contributed by atoms with Crippen molar-refractivity contribution in [3.8, 4) is 5.75 Å². The highest BCUT2D eigenvalue weighted by Gasteiger charge is 2.11. The van der Waals surface area contributed by atoms with Crippen molar-refractivity contribution in [2.24, 2.45) is 0 Å². The molecule has 1 heterocycles. The molecule has 1 aromatic heterocycles. The van der Waals surface area contributed by atoms with Crippen molar-refractivity contribution in [1.82, 2.24) is 25.5 Å². The van der Waals surface area contributed by atoms with Gasteiger partial charge in [-0.3, -0.25) is 4.79 Å². The second-order valence-corrected chi connectivity index (χ2v) is 5.90. The van der Waals surface area contributed by atoms with Crippen LogP contribution < -0.4 is 10.1 Å². The van der Waals surface area contributed by atoms with Gasteiger partial charge in [0.2, 0.25) is 0 Å². The van der Waals surface area contributed by atoms with Crippen LogP contribution in [0.15, 0.2) is 54.9 Å². The largest absolute Gasteiger partial charge is 0.494 e. The van der Waals surface area contributed by atoms with Crippen LogP contribution in [0.25, 0.3) is 0 Å². The summed E-state index contributed by atoms with van der Waals surface area (Å²) in [6, 6.07) is 15.1. The number of amides is 1. The average Bonchev–Trinajstić information content (AvgIpc) is 3.16. The van der Waals surface area contributed by atoms with Crippen molar-refractivity contribution in [2.75, 3.05) is 6.61 Å². The molecule has 0 radical (unpaired) electrons. The molecule has 7 heteroatoms. The zero-order chi connectivity index (χ0) is 18.4. The Bertz CT molecular complexity index is 829. The Morgan fingerprint density at radius 2 is 1.88 bits per heavy atom. The first-order chi connectivity index (χ1) is 12.7. The molecule has 0 aliphatic heterocycles. The Morgan fingerprint density at radius 1 is 1.15 bits per heavy atom. The van der Waals surface area contributed by atoms with Gasteiger partial charge >= 0.3 is 0 Å². The number of hydrogen-bond acceptors (Lipinski definition) is 5. The van der Waals surface area contributed by atoms with Gasteiger partial charge < -0.3 is 10.1 Å². The molecule has 3 rings (SSSR count). The van der Waals surface area contributed by atoms with E-state index in [1.54, 1.807) is 23.1 Å². The Balaban J connectivity index is 1.59. The van der Waals surface area contributed by atoms with Crippen LogP contribution >= 0.6 is 0 Å². The number of carbonyl (C=O) groups is 1. The summed E-state index contributed by atoms with van der Waals surface area (Å²) >= 11 is 0. The van der Waals surface area contributed by atoms with Gasteiger partial charge in [0.1, 0.15) is 12.1 Å². The van der Waals surface area contributed by atoms with Crippen molar-refractivity contribution in [1.29, 1.82) is 0 Å².